The van der Waals surface area contributed by atoms with E-state index in [0.717, 1.165) is 16.5 Å². The fraction of sp³-hybridized carbons (Fsp3) is 0.412. The van der Waals surface area contributed by atoms with E-state index in [1.54, 1.807) is 6.92 Å². The van der Waals surface area contributed by atoms with Gasteiger partial charge in [-0.15, -0.1) is 0 Å². The summed E-state index contributed by atoms with van der Waals surface area (Å²) in [7, 11) is 0. The van der Waals surface area contributed by atoms with Gasteiger partial charge in [-0.25, -0.2) is 4.98 Å². The molecule has 1 aromatic carbocycles. The number of benzene rings is 1. The van der Waals surface area contributed by atoms with E-state index in [2.05, 4.69) is 29.1 Å². The largest absolute Gasteiger partial charge is 0.310 e. The molecule has 0 unspecified atom stereocenters. The SMILES string of the molecule is Cc1nc2cccc(C(C)C)c2c(=O)[nH]1.O=C1CCCC(=O)N1. The van der Waals surface area contributed by atoms with Gasteiger partial charge in [-0.2, -0.15) is 0 Å². The van der Waals surface area contributed by atoms with Crippen LogP contribution < -0.4 is 10.9 Å². The molecule has 2 aromatic rings. The number of aromatic amines is 1. The lowest BCUT2D eigenvalue weighted by Gasteiger charge is -2.08. The van der Waals surface area contributed by atoms with Crippen LogP contribution in [0.4, 0.5) is 0 Å². The summed E-state index contributed by atoms with van der Waals surface area (Å²) in [4.78, 5) is 39.6. The third-order valence-electron chi connectivity index (χ3n) is 3.59. The fourth-order valence-electron chi connectivity index (χ4n) is 2.50. The number of aryl methyl sites for hydroxylation is 1. The lowest BCUT2D eigenvalue weighted by atomic mass is 9.99. The molecule has 0 radical (unpaired) electrons. The van der Waals surface area contributed by atoms with Gasteiger partial charge in [-0.1, -0.05) is 26.0 Å². The number of carbonyl (C=O) groups excluding carboxylic acids is 2. The second kappa shape index (κ2) is 7.17. The number of hydrogen-bond donors (Lipinski definition) is 2. The van der Waals surface area contributed by atoms with Crippen molar-refractivity contribution in [1.29, 1.82) is 0 Å². The second-order valence-electron chi connectivity index (χ2n) is 5.87. The second-order valence-corrected chi connectivity index (χ2v) is 5.87. The van der Waals surface area contributed by atoms with Gasteiger partial charge < -0.3 is 4.98 Å². The van der Waals surface area contributed by atoms with Crippen LogP contribution >= 0.6 is 0 Å². The molecule has 1 fully saturated rings. The minimum Gasteiger partial charge on any atom is -0.310 e. The van der Waals surface area contributed by atoms with Gasteiger partial charge in [0.25, 0.3) is 5.56 Å². The van der Waals surface area contributed by atoms with Crippen molar-refractivity contribution in [3.63, 3.8) is 0 Å². The number of nitrogens with zero attached hydrogens (tertiary/aromatic N) is 1. The van der Waals surface area contributed by atoms with Crippen LogP contribution in [0, 0.1) is 6.92 Å². The zero-order chi connectivity index (χ0) is 17.0. The molecule has 122 valence electrons. The third kappa shape index (κ3) is 4.25. The van der Waals surface area contributed by atoms with Crippen LogP contribution in [0.3, 0.4) is 0 Å². The zero-order valence-corrected chi connectivity index (χ0v) is 13.6. The number of fused-ring (bicyclic) bond motifs is 1. The first-order valence-electron chi connectivity index (χ1n) is 7.70. The number of amides is 2. The molecule has 1 aliphatic rings. The fourth-order valence-corrected chi connectivity index (χ4v) is 2.50. The minimum absolute atomic E-state index is 0.0400. The molecule has 6 heteroatoms. The Morgan fingerprint density at radius 3 is 2.26 bits per heavy atom. The van der Waals surface area contributed by atoms with Crippen molar-refractivity contribution >= 4 is 22.7 Å². The molecule has 23 heavy (non-hydrogen) atoms. The van der Waals surface area contributed by atoms with Gasteiger partial charge in [0.05, 0.1) is 10.9 Å². The van der Waals surface area contributed by atoms with Crippen LogP contribution in [0.2, 0.25) is 0 Å². The van der Waals surface area contributed by atoms with Crippen molar-refractivity contribution in [2.24, 2.45) is 0 Å². The monoisotopic (exact) mass is 315 g/mol. The molecule has 3 rings (SSSR count). The highest BCUT2D eigenvalue weighted by atomic mass is 16.2. The Kier molecular flexibility index (Phi) is 5.26. The van der Waals surface area contributed by atoms with Crippen molar-refractivity contribution in [2.45, 2.75) is 46.0 Å². The number of rotatable bonds is 1. The standard InChI is InChI=1S/C12H14N2O.C5H7NO2/c1-7(2)9-5-4-6-10-11(9)12(15)14-8(3)13-10;7-4-2-1-3-5(8)6-4/h4-7H,1-3H3,(H,13,14,15);1-3H2,(H,6,7,8). The number of aromatic nitrogens is 2. The topological polar surface area (TPSA) is 91.9 Å². The maximum absolute atomic E-state index is 11.8. The minimum atomic E-state index is -0.138. The number of piperidine rings is 1. The summed E-state index contributed by atoms with van der Waals surface area (Å²) in [5.74, 6) is 0.718. The highest BCUT2D eigenvalue weighted by molar-refractivity contribution is 5.97. The molecular weight excluding hydrogens is 294 g/mol. The van der Waals surface area contributed by atoms with Gasteiger partial charge in [0.1, 0.15) is 5.82 Å². The van der Waals surface area contributed by atoms with E-state index in [0.29, 0.717) is 31.0 Å². The summed E-state index contributed by atoms with van der Waals surface area (Å²) in [6.45, 7) is 5.95. The molecule has 6 nitrogen and oxygen atoms in total. The van der Waals surface area contributed by atoms with Crippen molar-refractivity contribution in [3.05, 3.63) is 39.9 Å². The van der Waals surface area contributed by atoms with Gasteiger partial charge in [0, 0.05) is 12.8 Å². The Balaban J connectivity index is 0.000000203. The Morgan fingerprint density at radius 2 is 1.74 bits per heavy atom. The summed E-state index contributed by atoms with van der Waals surface area (Å²) in [6, 6.07) is 5.81. The Labute approximate surface area is 134 Å². The molecule has 1 saturated heterocycles. The first-order valence-corrected chi connectivity index (χ1v) is 7.70. The molecule has 2 amide bonds. The maximum atomic E-state index is 11.8. The molecular formula is C17H21N3O3. The van der Waals surface area contributed by atoms with Crippen molar-refractivity contribution in [2.75, 3.05) is 0 Å². The van der Waals surface area contributed by atoms with Gasteiger partial charge >= 0.3 is 0 Å². The quantitative estimate of drug-likeness (QED) is 0.789. The van der Waals surface area contributed by atoms with Gasteiger partial charge in [0.2, 0.25) is 11.8 Å². The third-order valence-corrected chi connectivity index (χ3v) is 3.59. The molecule has 0 spiro atoms. The van der Waals surface area contributed by atoms with E-state index in [4.69, 9.17) is 0 Å². The predicted molar refractivity (Wildman–Crippen MR) is 88.2 cm³/mol. The number of nitrogens with one attached hydrogen (secondary N) is 2. The number of hydrogen-bond acceptors (Lipinski definition) is 4. The molecule has 0 atom stereocenters. The van der Waals surface area contributed by atoms with E-state index in [9.17, 15) is 14.4 Å². The Morgan fingerprint density at radius 1 is 1.09 bits per heavy atom. The van der Waals surface area contributed by atoms with Crippen molar-refractivity contribution < 1.29 is 9.59 Å². The normalized spacial score (nSPS) is 14.4. The van der Waals surface area contributed by atoms with Crippen LogP contribution in [0.15, 0.2) is 23.0 Å². The van der Waals surface area contributed by atoms with E-state index in [1.165, 1.54) is 0 Å². The van der Waals surface area contributed by atoms with Crippen LogP contribution in [0.25, 0.3) is 10.9 Å². The summed E-state index contributed by atoms with van der Waals surface area (Å²) in [5, 5.41) is 2.92. The highest BCUT2D eigenvalue weighted by Crippen LogP contribution is 2.20. The number of imide groups is 1. The molecule has 0 bridgehead atoms. The smallest absolute Gasteiger partial charge is 0.259 e. The van der Waals surface area contributed by atoms with Crippen molar-refractivity contribution in [3.8, 4) is 0 Å². The summed E-state index contributed by atoms with van der Waals surface area (Å²) in [6.07, 6.45) is 1.72. The lowest BCUT2D eigenvalue weighted by Crippen LogP contribution is -2.33. The number of carbonyl (C=O) groups is 2. The van der Waals surface area contributed by atoms with Crippen LogP contribution in [0.1, 0.15) is 50.4 Å². The summed E-state index contributed by atoms with van der Waals surface area (Å²) < 4.78 is 0. The van der Waals surface area contributed by atoms with Crippen LogP contribution in [-0.2, 0) is 9.59 Å². The van der Waals surface area contributed by atoms with E-state index in [1.807, 2.05) is 18.2 Å². The van der Waals surface area contributed by atoms with Crippen LogP contribution in [0.5, 0.6) is 0 Å². The molecule has 1 aliphatic heterocycles. The molecule has 0 saturated carbocycles. The predicted octanol–water partition coefficient (Wildman–Crippen LogP) is 2.17. The van der Waals surface area contributed by atoms with E-state index < -0.39 is 0 Å². The Hall–Kier alpha value is -2.50. The molecule has 2 N–H and O–H groups in total. The lowest BCUT2D eigenvalue weighted by molar-refractivity contribution is -0.132. The highest BCUT2D eigenvalue weighted by Gasteiger charge is 2.13. The van der Waals surface area contributed by atoms with Crippen molar-refractivity contribution in [1.82, 2.24) is 15.3 Å². The Bertz CT molecular complexity index is 779. The van der Waals surface area contributed by atoms with Gasteiger partial charge in [-0.05, 0) is 30.9 Å². The first-order chi connectivity index (χ1) is 10.9. The summed E-state index contributed by atoms with van der Waals surface area (Å²) >= 11 is 0. The van der Waals surface area contributed by atoms with E-state index >= 15 is 0 Å². The number of H-pyrrole nitrogens is 1. The molecule has 1 aromatic heterocycles. The van der Waals surface area contributed by atoms with E-state index in [-0.39, 0.29) is 17.4 Å². The van der Waals surface area contributed by atoms with Gasteiger partial charge in [0.15, 0.2) is 0 Å². The van der Waals surface area contributed by atoms with Gasteiger partial charge in [-0.3, -0.25) is 19.7 Å². The average molecular weight is 315 g/mol. The van der Waals surface area contributed by atoms with Crippen LogP contribution in [-0.4, -0.2) is 21.8 Å². The average Bonchev–Trinajstić information content (AvgIpc) is 2.46. The zero-order valence-electron chi connectivity index (χ0n) is 13.6. The molecule has 0 aliphatic carbocycles. The maximum Gasteiger partial charge on any atom is 0.259 e. The summed E-state index contributed by atoms with van der Waals surface area (Å²) in [5.41, 5.74) is 1.80. The molecule has 2 heterocycles. The first kappa shape index (κ1) is 16.9.